The highest BCUT2D eigenvalue weighted by atomic mass is 16.3. The molecule has 2 atom stereocenters. The molecule has 3 aromatic carbocycles. The number of hydrogen-bond donors (Lipinski definition) is 2. The van der Waals surface area contributed by atoms with Gasteiger partial charge in [-0.2, -0.15) is 0 Å². The van der Waals surface area contributed by atoms with Gasteiger partial charge in [-0.3, -0.25) is 4.79 Å². The minimum Gasteiger partial charge on any atom is -0.459 e. The average Bonchev–Trinajstić information content (AvgIpc) is 3.16. The smallest absolute Gasteiger partial charge is 0.275 e. The fraction of sp³-hybridized carbons (Fsp3) is 0.208. The second-order valence-electron chi connectivity index (χ2n) is 7.27. The van der Waals surface area contributed by atoms with Crippen LogP contribution in [-0.2, 0) is 4.79 Å². The van der Waals surface area contributed by atoms with Gasteiger partial charge in [-0.1, -0.05) is 60.7 Å². The summed E-state index contributed by atoms with van der Waals surface area (Å²) >= 11 is 0. The van der Waals surface area contributed by atoms with E-state index in [-0.39, 0.29) is 18.0 Å². The van der Waals surface area contributed by atoms with Gasteiger partial charge >= 0.3 is 0 Å². The first kappa shape index (κ1) is 18.3. The molecule has 4 aromatic rings. The number of para-hydroxylation sites is 1. The number of carbonyl (C=O) groups excluding carboxylic acids is 1. The Balaban J connectivity index is 1.38. The van der Waals surface area contributed by atoms with Crippen LogP contribution in [0.2, 0.25) is 0 Å². The Morgan fingerprint density at radius 1 is 0.964 bits per heavy atom. The summed E-state index contributed by atoms with van der Waals surface area (Å²) in [6.07, 6.45) is 0. The number of quaternary nitrogens is 1. The summed E-state index contributed by atoms with van der Waals surface area (Å²) in [6, 6.07) is 24.6. The van der Waals surface area contributed by atoms with Crippen molar-refractivity contribution in [2.24, 2.45) is 0 Å². The summed E-state index contributed by atoms with van der Waals surface area (Å²) in [4.78, 5) is 12.5. The average molecular weight is 373 g/mol. The lowest BCUT2D eigenvalue weighted by Crippen LogP contribution is -2.87. The summed E-state index contributed by atoms with van der Waals surface area (Å²) in [5, 5.41) is 8.63. The van der Waals surface area contributed by atoms with Crippen LogP contribution in [0.3, 0.4) is 0 Å². The predicted molar refractivity (Wildman–Crippen MR) is 112 cm³/mol. The van der Waals surface area contributed by atoms with Gasteiger partial charge in [-0.25, -0.2) is 0 Å². The molecule has 1 heterocycles. The van der Waals surface area contributed by atoms with Crippen molar-refractivity contribution >= 4 is 27.6 Å². The summed E-state index contributed by atoms with van der Waals surface area (Å²) < 4.78 is 5.85. The van der Waals surface area contributed by atoms with Crippen LogP contribution in [0.5, 0.6) is 0 Å². The monoisotopic (exact) mass is 373 g/mol. The summed E-state index contributed by atoms with van der Waals surface area (Å²) in [6.45, 7) is 4.45. The standard InChI is InChI=1S/C24H24N2O2/c1-16(20-12-7-10-18-8-3-5-11-21(18)20)25-15-24(27)26-17(2)23-14-19-9-4-6-13-22(19)28-23/h3-14,16-17,25H,15H2,1-2H3,(H,26,27)/p+1/t16-,17+/m0/s1. The van der Waals surface area contributed by atoms with Crippen LogP contribution in [0.1, 0.15) is 37.3 Å². The van der Waals surface area contributed by atoms with E-state index in [1.54, 1.807) is 0 Å². The quantitative estimate of drug-likeness (QED) is 0.535. The molecule has 0 saturated heterocycles. The Hall–Kier alpha value is -3.11. The molecule has 0 aliphatic carbocycles. The number of rotatable bonds is 6. The summed E-state index contributed by atoms with van der Waals surface area (Å²) in [7, 11) is 0. The van der Waals surface area contributed by atoms with Gasteiger partial charge in [0, 0.05) is 10.9 Å². The van der Waals surface area contributed by atoms with E-state index in [4.69, 9.17) is 4.42 Å². The molecule has 0 saturated carbocycles. The highest BCUT2D eigenvalue weighted by Gasteiger charge is 2.17. The molecule has 3 N–H and O–H groups in total. The van der Waals surface area contributed by atoms with E-state index in [1.165, 1.54) is 16.3 Å². The van der Waals surface area contributed by atoms with Gasteiger partial charge in [0.25, 0.3) is 5.91 Å². The highest BCUT2D eigenvalue weighted by molar-refractivity contribution is 5.86. The van der Waals surface area contributed by atoms with Crippen molar-refractivity contribution < 1.29 is 14.5 Å². The maximum Gasteiger partial charge on any atom is 0.275 e. The van der Waals surface area contributed by atoms with Crippen LogP contribution >= 0.6 is 0 Å². The predicted octanol–water partition coefficient (Wildman–Crippen LogP) is 4.09. The fourth-order valence-corrected chi connectivity index (χ4v) is 3.65. The zero-order chi connectivity index (χ0) is 19.5. The number of furan rings is 1. The molecule has 4 rings (SSSR count). The van der Waals surface area contributed by atoms with E-state index in [0.29, 0.717) is 6.54 Å². The Bertz CT molecular complexity index is 1080. The SMILES string of the molecule is C[C@H]([NH2+]CC(=O)N[C@H](C)c1cc2ccccc2o1)c1cccc2ccccc12. The summed E-state index contributed by atoms with van der Waals surface area (Å²) in [5.41, 5.74) is 2.09. The molecule has 0 fully saturated rings. The van der Waals surface area contributed by atoms with Crippen molar-refractivity contribution in [2.45, 2.75) is 25.9 Å². The van der Waals surface area contributed by atoms with E-state index >= 15 is 0 Å². The Kier molecular flexibility index (Phi) is 5.13. The normalized spacial score (nSPS) is 13.5. The topological polar surface area (TPSA) is 58.9 Å². The number of benzene rings is 3. The van der Waals surface area contributed by atoms with E-state index < -0.39 is 0 Å². The van der Waals surface area contributed by atoms with Gasteiger partial charge < -0.3 is 15.1 Å². The Labute approximate surface area is 164 Å². The lowest BCUT2D eigenvalue weighted by Gasteiger charge is -2.15. The van der Waals surface area contributed by atoms with Crippen LogP contribution in [0.15, 0.2) is 77.2 Å². The summed E-state index contributed by atoms with van der Waals surface area (Å²) in [5.74, 6) is 0.775. The molecule has 0 aliphatic heterocycles. The van der Waals surface area contributed by atoms with E-state index in [2.05, 4.69) is 54.0 Å². The largest absolute Gasteiger partial charge is 0.459 e. The van der Waals surface area contributed by atoms with Crippen molar-refractivity contribution in [1.29, 1.82) is 0 Å². The van der Waals surface area contributed by atoms with E-state index in [0.717, 1.165) is 16.7 Å². The van der Waals surface area contributed by atoms with Crippen molar-refractivity contribution in [3.8, 4) is 0 Å². The van der Waals surface area contributed by atoms with Gasteiger partial charge in [0.1, 0.15) is 17.4 Å². The molecular formula is C24H25N2O2+. The van der Waals surface area contributed by atoms with Crippen LogP contribution < -0.4 is 10.6 Å². The van der Waals surface area contributed by atoms with Crippen molar-refractivity contribution in [2.75, 3.05) is 6.54 Å². The van der Waals surface area contributed by atoms with E-state index in [1.807, 2.05) is 43.3 Å². The number of fused-ring (bicyclic) bond motifs is 2. The fourth-order valence-electron chi connectivity index (χ4n) is 3.65. The number of nitrogens with one attached hydrogen (secondary N) is 1. The molecular weight excluding hydrogens is 348 g/mol. The van der Waals surface area contributed by atoms with Crippen molar-refractivity contribution in [3.63, 3.8) is 0 Å². The first-order valence-corrected chi connectivity index (χ1v) is 9.70. The Morgan fingerprint density at radius 2 is 1.68 bits per heavy atom. The van der Waals surface area contributed by atoms with Crippen LogP contribution in [-0.4, -0.2) is 12.5 Å². The minimum absolute atomic E-state index is 0.0000396. The Morgan fingerprint density at radius 3 is 2.50 bits per heavy atom. The third-order valence-corrected chi connectivity index (χ3v) is 5.22. The molecule has 0 aliphatic rings. The van der Waals surface area contributed by atoms with Crippen LogP contribution in [0, 0.1) is 0 Å². The zero-order valence-electron chi connectivity index (χ0n) is 16.2. The second-order valence-corrected chi connectivity index (χ2v) is 7.27. The molecule has 0 unspecified atom stereocenters. The lowest BCUT2D eigenvalue weighted by molar-refractivity contribution is -0.682. The molecule has 4 nitrogen and oxygen atoms in total. The number of hydrogen-bond acceptors (Lipinski definition) is 2. The molecule has 28 heavy (non-hydrogen) atoms. The molecule has 0 bridgehead atoms. The van der Waals surface area contributed by atoms with Crippen molar-refractivity contribution in [3.05, 3.63) is 84.1 Å². The number of amides is 1. The van der Waals surface area contributed by atoms with Crippen LogP contribution in [0.4, 0.5) is 0 Å². The van der Waals surface area contributed by atoms with Gasteiger partial charge in [-0.15, -0.1) is 0 Å². The van der Waals surface area contributed by atoms with Crippen LogP contribution in [0.25, 0.3) is 21.7 Å². The molecule has 1 amide bonds. The second kappa shape index (κ2) is 7.87. The van der Waals surface area contributed by atoms with Gasteiger partial charge in [0.2, 0.25) is 0 Å². The van der Waals surface area contributed by atoms with Crippen molar-refractivity contribution in [1.82, 2.24) is 5.32 Å². The molecule has 142 valence electrons. The van der Waals surface area contributed by atoms with Gasteiger partial charge in [-0.05, 0) is 36.8 Å². The third-order valence-electron chi connectivity index (χ3n) is 5.22. The lowest BCUT2D eigenvalue weighted by atomic mass is 10.00. The molecule has 0 radical (unpaired) electrons. The molecule has 1 aromatic heterocycles. The van der Waals surface area contributed by atoms with Gasteiger partial charge in [0.05, 0.1) is 6.04 Å². The van der Waals surface area contributed by atoms with Gasteiger partial charge in [0.15, 0.2) is 6.54 Å². The third kappa shape index (κ3) is 3.78. The maximum atomic E-state index is 12.5. The number of carbonyl (C=O) groups is 1. The first-order valence-electron chi connectivity index (χ1n) is 9.70. The first-order chi connectivity index (χ1) is 13.6. The maximum absolute atomic E-state index is 12.5. The molecule has 0 spiro atoms. The van der Waals surface area contributed by atoms with E-state index in [9.17, 15) is 4.79 Å². The minimum atomic E-state index is -0.166. The highest BCUT2D eigenvalue weighted by Crippen LogP contribution is 2.24. The zero-order valence-corrected chi connectivity index (χ0v) is 16.2. The molecule has 4 heteroatoms. The number of nitrogens with two attached hydrogens (primary N) is 1.